The van der Waals surface area contributed by atoms with Gasteiger partial charge in [0, 0.05) is 12.8 Å². The van der Waals surface area contributed by atoms with Gasteiger partial charge in [-0.1, -0.05) is 19.3 Å². The lowest BCUT2D eigenvalue weighted by Crippen LogP contribution is -2.46. The molecule has 1 aliphatic rings. The van der Waals surface area contributed by atoms with E-state index in [9.17, 15) is 8.42 Å². The lowest BCUT2D eigenvalue weighted by atomic mass is 9.88. The highest BCUT2D eigenvalue weighted by Gasteiger charge is 2.40. The fourth-order valence-electron chi connectivity index (χ4n) is 1.92. The van der Waals surface area contributed by atoms with E-state index in [2.05, 4.69) is 0 Å². The summed E-state index contributed by atoms with van der Waals surface area (Å²) in [7, 11) is -2.96. The molecule has 0 radical (unpaired) electrons. The standard InChI is InChI=1S/C8H17NO2S/c1-12(10,11)8(7-9)5-3-2-4-6-8/h2-7,9H2,1H3. The molecule has 4 heteroatoms. The molecule has 3 nitrogen and oxygen atoms in total. The molecule has 0 amide bonds. The number of nitrogens with two attached hydrogens (primary N) is 1. The van der Waals surface area contributed by atoms with E-state index < -0.39 is 14.6 Å². The SMILES string of the molecule is CS(=O)(=O)C1(CN)CCCCC1. The van der Waals surface area contributed by atoms with Crippen LogP contribution in [-0.4, -0.2) is 26.0 Å². The second kappa shape index (κ2) is 3.34. The van der Waals surface area contributed by atoms with Crippen molar-refractivity contribution in [3.05, 3.63) is 0 Å². The molecule has 0 spiro atoms. The number of sulfone groups is 1. The molecule has 1 aliphatic carbocycles. The van der Waals surface area contributed by atoms with Crippen LogP contribution in [0.3, 0.4) is 0 Å². The van der Waals surface area contributed by atoms with Gasteiger partial charge in [0.1, 0.15) is 0 Å². The van der Waals surface area contributed by atoms with Crippen molar-refractivity contribution in [3.63, 3.8) is 0 Å². The van der Waals surface area contributed by atoms with Gasteiger partial charge in [0.15, 0.2) is 9.84 Å². The van der Waals surface area contributed by atoms with Gasteiger partial charge < -0.3 is 5.73 Å². The Bertz CT molecular complexity index is 240. The number of hydrogen-bond acceptors (Lipinski definition) is 3. The van der Waals surface area contributed by atoms with Gasteiger partial charge in [0.25, 0.3) is 0 Å². The molecule has 1 rings (SSSR count). The Labute approximate surface area is 74.3 Å². The summed E-state index contributed by atoms with van der Waals surface area (Å²) in [6.45, 7) is 0.284. The van der Waals surface area contributed by atoms with Crippen LogP contribution in [0.25, 0.3) is 0 Å². The zero-order valence-corrected chi connectivity index (χ0v) is 8.36. The average Bonchev–Trinajstić information content (AvgIpc) is 2.04. The molecule has 1 fully saturated rings. The first-order valence-corrected chi connectivity index (χ1v) is 6.31. The maximum Gasteiger partial charge on any atom is 0.154 e. The summed E-state index contributed by atoms with van der Waals surface area (Å²) in [4.78, 5) is 0. The van der Waals surface area contributed by atoms with E-state index in [1.165, 1.54) is 6.26 Å². The molecule has 0 aromatic rings. The van der Waals surface area contributed by atoms with Crippen molar-refractivity contribution in [2.75, 3.05) is 12.8 Å². The highest BCUT2D eigenvalue weighted by molar-refractivity contribution is 7.92. The lowest BCUT2D eigenvalue weighted by molar-refractivity contribution is 0.380. The maximum atomic E-state index is 11.5. The third kappa shape index (κ3) is 1.64. The lowest BCUT2D eigenvalue weighted by Gasteiger charge is -2.34. The van der Waals surface area contributed by atoms with E-state index in [0.717, 1.165) is 32.1 Å². The number of rotatable bonds is 2. The van der Waals surface area contributed by atoms with Gasteiger partial charge in [-0.05, 0) is 12.8 Å². The minimum absolute atomic E-state index is 0.284. The van der Waals surface area contributed by atoms with Gasteiger partial charge in [-0.25, -0.2) is 8.42 Å². The van der Waals surface area contributed by atoms with Crippen LogP contribution >= 0.6 is 0 Å². The maximum absolute atomic E-state index is 11.5. The molecule has 1 saturated carbocycles. The van der Waals surface area contributed by atoms with Gasteiger partial charge in [-0.2, -0.15) is 0 Å². The predicted molar refractivity (Wildman–Crippen MR) is 49.7 cm³/mol. The van der Waals surface area contributed by atoms with Crippen molar-refractivity contribution in [3.8, 4) is 0 Å². The van der Waals surface area contributed by atoms with E-state index in [0.29, 0.717) is 0 Å². The van der Waals surface area contributed by atoms with E-state index in [-0.39, 0.29) is 6.54 Å². The topological polar surface area (TPSA) is 60.2 Å². The molecular weight excluding hydrogens is 174 g/mol. The van der Waals surface area contributed by atoms with Crippen molar-refractivity contribution >= 4 is 9.84 Å². The van der Waals surface area contributed by atoms with Crippen molar-refractivity contribution in [2.45, 2.75) is 36.9 Å². The molecule has 0 heterocycles. The largest absolute Gasteiger partial charge is 0.329 e. The van der Waals surface area contributed by atoms with Crippen molar-refractivity contribution in [2.24, 2.45) is 5.73 Å². The number of hydrogen-bond donors (Lipinski definition) is 1. The molecule has 72 valence electrons. The minimum atomic E-state index is -2.96. The molecule has 2 N–H and O–H groups in total. The van der Waals surface area contributed by atoms with Crippen LogP contribution in [0.4, 0.5) is 0 Å². The van der Waals surface area contributed by atoms with Gasteiger partial charge in [0.05, 0.1) is 4.75 Å². The third-order valence-electron chi connectivity index (χ3n) is 2.92. The Balaban J connectivity index is 2.88. The Morgan fingerprint density at radius 2 is 1.75 bits per heavy atom. The molecule has 0 aromatic carbocycles. The van der Waals surface area contributed by atoms with E-state index in [1.54, 1.807) is 0 Å². The van der Waals surface area contributed by atoms with E-state index in [4.69, 9.17) is 5.73 Å². The minimum Gasteiger partial charge on any atom is -0.329 e. The monoisotopic (exact) mass is 191 g/mol. The Hall–Kier alpha value is -0.0900. The summed E-state index contributed by atoms with van der Waals surface area (Å²) < 4.78 is 22.3. The normalized spacial score (nSPS) is 23.8. The van der Waals surface area contributed by atoms with Crippen LogP contribution in [0.15, 0.2) is 0 Å². The molecule has 0 atom stereocenters. The second-order valence-corrected chi connectivity index (χ2v) is 6.13. The fourth-order valence-corrected chi connectivity index (χ4v) is 3.26. The molecule has 12 heavy (non-hydrogen) atoms. The Kier molecular flexibility index (Phi) is 2.78. The first-order chi connectivity index (χ1) is 5.52. The zero-order valence-electron chi connectivity index (χ0n) is 7.54. The van der Waals surface area contributed by atoms with Gasteiger partial charge >= 0.3 is 0 Å². The van der Waals surface area contributed by atoms with Crippen LogP contribution in [0, 0.1) is 0 Å². The Morgan fingerprint density at radius 3 is 2.00 bits per heavy atom. The van der Waals surface area contributed by atoms with Gasteiger partial charge in [-0.15, -0.1) is 0 Å². The summed E-state index contributed by atoms with van der Waals surface area (Å²) in [6.07, 6.45) is 5.97. The first-order valence-electron chi connectivity index (χ1n) is 4.41. The third-order valence-corrected chi connectivity index (χ3v) is 5.07. The highest BCUT2D eigenvalue weighted by atomic mass is 32.2. The highest BCUT2D eigenvalue weighted by Crippen LogP contribution is 2.33. The molecule has 0 aromatic heterocycles. The summed E-state index contributed by atoms with van der Waals surface area (Å²) in [5.41, 5.74) is 5.55. The van der Waals surface area contributed by atoms with Crippen LogP contribution in [-0.2, 0) is 9.84 Å². The molecule has 0 bridgehead atoms. The average molecular weight is 191 g/mol. The van der Waals surface area contributed by atoms with Crippen LogP contribution in [0.5, 0.6) is 0 Å². The Morgan fingerprint density at radius 1 is 1.25 bits per heavy atom. The van der Waals surface area contributed by atoms with Gasteiger partial charge in [0.2, 0.25) is 0 Å². The van der Waals surface area contributed by atoms with Crippen LogP contribution in [0.2, 0.25) is 0 Å². The first kappa shape index (κ1) is 9.99. The van der Waals surface area contributed by atoms with E-state index >= 15 is 0 Å². The smallest absolute Gasteiger partial charge is 0.154 e. The van der Waals surface area contributed by atoms with E-state index in [1.807, 2.05) is 0 Å². The van der Waals surface area contributed by atoms with Crippen LogP contribution < -0.4 is 5.73 Å². The van der Waals surface area contributed by atoms with Crippen molar-refractivity contribution in [1.29, 1.82) is 0 Å². The summed E-state index contributed by atoms with van der Waals surface area (Å²) in [5, 5.41) is 0. The summed E-state index contributed by atoms with van der Waals surface area (Å²) in [5.74, 6) is 0. The van der Waals surface area contributed by atoms with Crippen LogP contribution in [0.1, 0.15) is 32.1 Å². The summed E-state index contributed by atoms with van der Waals surface area (Å²) >= 11 is 0. The van der Waals surface area contributed by atoms with Crippen molar-refractivity contribution in [1.82, 2.24) is 0 Å². The van der Waals surface area contributed by atoms with Gasteiger partial charge in [-0.3, -0.25) is 0 Å². The van der Waals surface area contributed by atoms with Crippen molar-refractivity contribution < 1.29 is 8.42 Å². The molecular formula is C8H17NO2S. The summed E-state index contributed by atoms with van der Waals surface area (Å²) in [6, 6.07) is 0. The molecule has 0 unspecified atom stereocenters. The fraction of sp³-hybridized carbons (Fsp3) is 1.00. The quantitative estimate of drug-likeness (QED) is 0.698. The second-order valence-electron chi connectivity index (χ2n) is 3.72. The predicted octanol–water partition coefficient (Wildman–Crippen LogP) is 0.693. The zero-order chi connectivity index (χ0) is 9.24. The molecule has 0 aliphatic heterocycles. The molecule has 0 saturated heterocycles.